The molecule has 0 fully saturated rings. The van der Waals surface area contributed by atoms with E-state index < -0.39 is 22.9 Å². The Kier molecular flexibility index (Phi) is 6.70. The number of nitrogens with one attached hydrogen (secondary N) is 1. The third-order valence-corrected chi connectivity index (χ3v) is 4.95. The van der Waals surface area contributed by atoms with E-state index in [0.717, 1.165) is 31.7 Å². The second-order valence-corrected chi connectivity index (χ2v) is 7.44. The van der Waals surface area contributed by atoms with Crippen LogP contribution in [0.3, 0.4) is 0 Å². The highest BCUT2D eigenvalue weighted by atomic mass is 19.1. The van der Waals surface area contributed by atoms with E-state index in [1.165, 1.54) is 6.07 Å². The van der Waals surface area contributed by atoms with Gasteiger partial charge >= 0.3 is 0 Å². The van der Waals surface area contributed by atoms with Crippen LogP contribution in [-0.4, -0.2) is 20.6 Å². The number of rotatable bonds is 8. The van der Waals surface area contributed by atoms with Crippen molar-refractivity contribution in [3.63, 3.8) is 0 Å². The van der Waals surface area contributed by atoms with Gasteiger partial charge in [0, 0.05) is 38.3 Å². The van der Waals surface area contributed by atoms with Crippen LogP contribution in [0.1, 0.15) is 32.6 Å². The molecule has 0 amide bonds. The number of unbranched alkanes of at least 4 members (excludes halogenated alkanes) is 3. The largest absolute Gasteiger partial charge is 0.453 e. The lowest BCUT2D eigenvalue weighted by Crippen LogP contribution is -2.11. The summed E-state index contributed by atoms with van der Waals surface area (Å²) in [5.74, 6) is -2.33. The molecule has 1 heterocycles. The van der Waals surface area contributed by atoms with Crippen molar-refractivity contribution in [3.05, 3.63) is 58.0 Å². The average molecular weight is 418 g/mol. The van der Waals surface area contributed by atoms with Gasteiger partial charge in [0.15, 0.2) is 16.8 Å². The van der Waals surface area contributed by atoms with Crippen molar-refractivity contribution in [1.29, 1.82) is 0 Å². The summed E-state index contributed by atoms with van der Waals surface area (Å²) < 4.78 is 48.8. The van der Waals surface area contributed by atoms with Gasteiger partial charge in [-0.05, 0) is 24.6 Å². The first-order chi connectivity index (χ1) is 14.3. The van der Waals surface area contributed by atoms with Gasteiger partial charge in [-0.3, -0.25) is 4.79 Å². The van der Waals surface area contributed by atoms with Crippen molar-refractivity contribution in [3.8, 4) is 11.3 Å². The lowest BCUT2D eigenvalue weighted by Gasteiger charge is -2.14. The highest BCUT2D eigenvalue weighted by Gasteiger charge is 2.19. The van der Waals surface area contributed by atoms with Crippen molar-refractivity contribution in [2.24, 2.45) is 0 Å². The zero-order valence-corrected chi connectivity index (χ0v) is 17.3. The molecule has 7 heteroatoms. The van der Waals surface area contributed by atoms with E-state index >= 15 is 0 Å². The van der Waals surface area contributed by atoms with Gasteiger partial charge in [-0.25, -0.2) is 13.2 Å². The second kappa shape index (κ2) is 9.24. The molecule has 0 aliphatic heterocycles. The van der Waals surface area contributed by atoms with Gasteiger partial charge in [-0.2, -0.15) is 0 Å². The molecule has 0 saturated heterocycles. The summed E-state index contributed by atoms with van der Waals surface area (Å²) in [6.07, 6.45) is 3.89. The summed E-state index contributed by atoms with van der Waals surface area (Å²) in [4.78, 5) is 14.4. The molecular formula is C23H25F3N2O2. The summed E-state index contributed by atoms with van der Waals surface area (Å²) in [5.41, 5.74) is -0.373. The molecule has 0 atom stereocenters. The van der Waals surface area contributed by atoms with Crippen molar-refractivity contribution in [2.45, 2.75) is 32.6 Å². The fourth-order valence-corrected chi connectivity index (χ4v) is 3.37. The molecule has 0 unspecified atom stereocenters. The van der Waals surface area contributed by atoms with Gasteiger partial charge in [0.2, 0.25) is 0 Å². The minimum absolute atomic E-state index is 0.0103. The Labute approximate surface area is 173 Å². The van der Waals surface area contributed by atoms with Crippen molar-refractivity contribution in [2.75, 3.05) is 30.9 Å². The lowest BCUT2D eigenvalue weighted by atomic mass is 10.1. The minimum Gasteiger partial charge on any atom is -0.453 e. The summed E-state index contributed by atoms with van der Waals surface area (Å²) in [6, 6.07) is 6.16. The summed E-state index contributed by atoms with van der Waals surface area (Å²) in [5, 5.41) is 2.72. The van der Waals surface area contributed by atoms with E-state index in [4.69, 9.17) is 4.42 Å². The molecule has 0 aliphatic rings. The van der Waals surface area contributed by atoms with Crippen LogP contribution in [0.15, 0.2) is 39.5 Å². The van der Waals surface area contributed by atoms with Crippen molar-refractivity contribution < 1.29 is 17.6 Å². The predicted molar refractivity (Wildman–Crippen MR) is 115 cm³/mol. The second-order valence-electron chi connectivity index (χ2n) is 7.44. The van der Waals surface area contributed by atoms with Crippen molar-refractivity contribution in [1.82, 2.24) is 0 Å². The molecule has 0 spiro atoms. The fourth-order valence-electron chi connectivity index (χ4n) is 3.37. The Bertz CT molecular complexity index is 1110. The van der Waals surface area contributed by atoms with Crippen LogP contribution in [0.4, 0.5) is 24.5 Å². The summed E-state index contributed by atoms with van der Waals surface area (Å²) in [6.45, 7) is 2.54. The molecule has 0 radical (unpaired) electrons. The van der Waals surface area contributed by atoms with Gasteiger partial charge in [-0.1, -0.05) is 26.2 Å². The molecule has 0 bridgehead atoms. The fraction of sp³-hybridized carbons (Fsp3) is 0.348. The Morgan fingerprint density at radius 1 is 0.967 bits per heavy atom. The molecular weight excluding hydrogens is 393 g/mol. The highest BCUT2D eigenvalue weighted by molar-refractivity contribution is 5.91. The maximum absolute atomic E-state index is 14.5. The quantitative estimate of drug-likeness (QED) is 0.460. The number of halogens is 3. The molecule has 1 N–H and O–H groups in total. The number of benzene rings is 2. The molecule has 3 rings (SSSR count). The minimum atomic E-state index is -0.983. The normalized spacial score (nSPS) is 11.1. The van der Waals surface area contributed by atoms with E-state index in [-0.39, 0.29) is 28.0 Å². The number of nitrogens with zero attached hydrogens (tertiary/aromatic N) is 1. The first-order valence-electron chi connectivity index (χ1n) is 10.0. The topological polar surface area (TPSA) is 45.5 Å². The zero-order valence-electron chi connectivity index (χ0n) is 17.3. The van der Waals surface area contributed by atoms with Gasteiger partial charge in [0.1, 0.15) is 17.4 Å². The molecule has 3 aromatic rings. The standard InChI is InChI=1S/C23H25F3N2O2/c1-4-5-6-7-10-27-22-16(25)12-17(26)23-21(22)19(29)13-20(30-23)14-8-9-18(28(2)3)15(24)11-14/h8-9,11-13,27H,4-7,10H2,1-3H3. The maximum atomic E-state index is 14.5. The smallest absolute Gasteiger partial charge is 0.195 e. The number of hydrogen-bond donors (Lipinski definition) is 1. The molecule has 2 aromatic carbocycles. The number of anilines is 2. The van der Waals surface area contributed by atoms with Gasteiger partial charge in [-0.15, -0.1) is 0 Å². The third-order valence-electron chi connectivity index (χ3n) is 4.95. The van der Waals surface area contributed by atoms with Gasteiger partial charge < -0.3 is 14.6 Å². The molecule has 4 nitrogen and oxygen atoms in total. The first kappa shape index (κ1) is 21.7. The zero-order chi connectivity index (χ0) is 21.8. The van der Waals surface area contributed by atoms with Crippen molar-refractivity contribution >= 4 is 22.3 Å². The van der Waals surface area contributed by atoms with Gasteiger partial charge in [0.05, 0.1) is 16.8 Å². The van der Waals surface area contributed by atoms with Crippen LogP contribution in [0.25, 0.3) is 22.3 Å². The Morgan fingerprint density at radius 3 is 2.40 bits per heavy atom. The summed E-state index contributed by atoms with van der Waals surface area (Å²) >= 11 is 0. The number of hydrogen-bond acceptors (Lipinski definition) is 4. The van der Waals surface area contributed by atoms with Crippen LogP contribution in [0.2, 0.25) is 0 Å². The van der Waals surface area contributed by atoms with E-state index in [1.807, 2.05) is 0 Å². The molecule has 0 saturated carbocycles. The Morgan fingerprint density at radius 2 is 1.73 bits per heavy atom. The lowest BCUT2D eigenvalue weighted by molar-refractivity contribution is 0.545. The van der Waals surface area contributed by atoms with E-state index in [9.17, 15) is 18.0 Å². The molecule has 30 heavy (non-hydrogen) atoms. The Balaban J connectivity index is 2.03. The third kappa shape index (κ3) is 4.45. The monoisotopic (exact) mass is 418 g/mol. The van der Waals surface area contributed by atoms with Gasteiger partial charge in [0.25, 0.3) is 0 Å². The van der Waals surface area contributed by atoms with Crippen LogP contribution < -0.4 is 15.6 Å². The highest BCUT2D eigenvalue weighted by Crippen LogP contribution is 2.31. The average Bonchev–Trinajstić information content (AvgIpc) is 2.69. The molecule has 160 valence electrons. The maximum Gasteiger partial charge on any atom is 0.195 e. The predicted octanol–water partition coefficient (Wildman–Crippen LogP) is 5.94. The first-order valence-corrected chi connectivity index (χ1v) is 10.0. The van der Waals surface area contributed by atoms with E-state index in [1.54, 1.807) is 31.1 Å². The SMILES string of the molecule is CCCCCCNc1c(F)cc(F)c2oc(-c3ccc(N(C)C)c(F)c3)cc(=O)c12. The van der Waals surface area contributed by atoms with Crippen LogP contribution in [-0.2, 0) is 0 Å². The van der Waals surface area contributed by atoms with Crippen LogP contribution in [0, 0.1) is 17.5 Å². The van der Waals surface area contributed by atoms with E-state index in [0.29, 0.717) is 18.3 Å². The van der Waals surface area contributed by atoms with Crippen LogP contribution >= 0.6 is 0 Å². The molecule has 1 aromatic heterocycles. The van der Waals surface area contributed by atoms with E-state index in [2.05, 4.69) is 12.2 Å². The summed E-state index contributed by atoms with van der Waals surface area (Å²) in [7, 11) is 3.41. The molecule has 0 aliphatic carbocycles. The number of fused-ring (bicyclic) bond motifs is 1. The van der Waals surface area contributed by atoms with Crippen LogP contribution in [0.5, 0.6) is 0 Å². The Hall–Kier alpha value is -2.96.